The molecular weight excluding hydrogens is 286 g/mol. The molecular formula is C15H21NO4Si. The van der Waals surface area contributed by atoms with E-state index in [4.69, 9.17) is 9.47 Å². The van der Waals surface area contributed by atoms with Gasteiger partial charge in [-0.25, -0.2) is 9.59 Å². The molecule has 1 atom stereocenters. The van der Waals surface area contributed by atoms with Crippen molar-refractivity contribution in [3.05, 3.63) is 35.9 Å². The minimum absolute atomic E-state index is 0.214. The summed E-state index contributed by atoms with van der Waals surface area (Å²) < 4.78 is 10.1. The maximum Gasteiger partial charge on any atom is 0.410 e. The zero-order valence-electron chi connectivity index (χ0n) is 12.7. The van der Waals surface area contributed by atoms with Crippen LogP contribution in [0.25, 0.3) is 0 Å². The van der Waals surface area contributed by atoms with Crippen LogP contribution in [0.5, 0.6) is 0 Å². The van der Waals surface area contributed by atoms with E-state index in [2.05, 4.69) is 13.1 Å². The van der Waals surface area contributed by atoms with Gasteiger partial charge >= 0.3 is 12.1 Å². The van der Waals surface area contributed by atoms with E-state index >= 15 is 0 Å². The first-order valence-corrected chi connectivity index (χ1v) is 10.4. The average molecular weight is 307 g/mol. The minimum atomic E-state index is -1.59. The molecule has 0 N–H and O–H groups in total. The highest BCUT2D eigenvalue weighted by molar-refractivity contribution is 6.78. The second-order valence-electron chi connectivity index (χ2n) is 6.08. The van der Waals surface area contributed by atoms with Crippen LogP contribution in [0, 0.1) is 0 Å². The van der Waals surface area contributed by atoms with E-state index in [1.54, 1.807) is 0 Å². The summed E-state index contributed by atoms with van der Waals surface area (Å²) in [5.41, 5.74) is 0.927. The van der Waals surface area contributed by atoms with Gasteiger partial charge in [-0.3, -0.25) is 4.90 Å². The quantitative estimate of drug-likeness (QED) is 0.636. The van der Waals surface area contributed by atoms with Crippen molar-refractivity contribution in [1.29, 1.82) is 0 Å². The lowest BCUT2D eigenvalue weighted by Crippen LogP contribution is -2.42. The smallest absolute Gasteiger partial charge is 0.410 e. The van der Waals surface area contributed by atoms with Gasteiger partial charge in [-0.15, -0.1) is 0 Å². The SMILES string of the molecule is COC(=O)[C@@H]1C[Si](C)(C)CN1C(=O)OCc1ccccc1. The fourth-order valence-electron chi connectivity index (χ4n) is 2.61. The van der Waals surface area contributed by atoms with Crippen molar-refractivity contribution in [3.8, 4) is 0 Å². The predicted molar refractivity (Wildman–Crippen MR) is 81.4 cm³/mol. The molecule has 1 saturated heterocycles. The van der Waals surface area contributed by atoms with Crippen molar-refractivity contribution in [3.63, 3.8) is 0 Å². The molecule has 0 unspecified atom stereocenters. The lowest BCUT2D eigenvalue weighted by molar-refractivity contribution is -0.145. The van der Waals surface area contributed by atoms with E-state index in [9.17, 15) is 9.59 Å². The van der Waals surface area contributed by atoms with E-state index < -0.39 is 20.2 Å². The van der Waals surface area contributed by atoms with Crippen molar-refractivity contribution in [2.24, 2.45) is 0 Å². The maximum atomic E-state index is 12.3. The Kier molecular flexibility index (Phi) is 4.67. The first-order valence-electron chi connectivity index (χ1n) is 6.98. The normalized spacial score (nSPS) is 20.1. The molecule has 0 radical (unpaired) electrons. The van der Waals surface area contributed by atoms with Crippen molar-refractivity contribution in [2.45, 2.75) is 31.8 Å². The van der Waals surface area contributed by atoms with Gasteiger partial charge in [0, 0.05) is 6.17 Å². The van der Waals surface area contributed by atoms with Crippen LogP contribution in [-0.2, 0) is 20.9 Å². The lowest BCUT2D eigenvalue weighted by Gasteiger charge is -2.22. The zero-order valence-corrected chi connectivity index (χ0v) is 13.7. The van der Waals surface area contributed by atoms with Crippen LogP contribution >= 0.6 is 0 Å². The molecule has 2 rings (SSSR count). The molecule has 1 fully saturated rings. The Morgan fingerprint density at radius 2 is 1.95 bits per heavy atom. The van der Waals surface area contributed by atoms with Gasteiger partial charge in [-0.05, 0) is 11.6 Å². The van der Waals surface area contributed by atoms with E-state index in [0.29, 0.717) is 6.17 Å². The summed E-state index contributed by atoms with van der Waals surface area (Å²) in [6, 6.07) is 9.72. The first-order chi connectivity index (χ1) is 9.93. The fourth-order valence-corrected chi connectivity index (χ4v) is 5.44. The van der Waals surface area contributed by atoms with Gasteiger partial charge in [-0.2, -0.15) is 0 Å². The van der Waals surface area contributed by atoms with Crippen LogP contribution < -0.4 is 0 Å². The molecule has 1 aromatic rings. The number of esters is 1. The number of carbonyl (C=O) groups is 2. The second kappa shape index (κ2) is 6.30. The van der Waals surface area contributed by atoms with Gasteiger partial charge < -0.3 is 9.47 Å². The molecule has 0 aromatic heterocycles. The molecule has 1 aliphatic rings. The zero-order chi connectivity index (χ0) is 15.5. The first kappa shape index (κ1) is 15.6. The predicted octanol–water partition coefficient (Wildman–Crippen LogP) is 2.43. The van der Waals surface area contributed by atoms with Crippen LogP contribution in [0.1, 0.15) is 5.56 Å². The molecule has 114 valence electrons. The number of hydrogen-bond donors (Lipinski definition) is 0. The monoisotopic (exact) mass is 307 g/mol. The van der Waals surface area contributed by atoms with Crippen molar-refractivity contribution >= 4 is 20.1 Å². The molecule has 0 spiro atoms. The van der Waals surface area contributed by atoms with E-state index in [0.717, 1.165) is 11.6 Å². The number of carbonyl (C=O) groups excluding carboxylic acids is 2. The summed E-state index contributed by atoms with van der Waals surface area (Å²) in [5, 5.41) is 0. The molecule has 0 aliphatic carbocycles. The van der Waals surface area contributed by atoms with Crippen molar-refractivity contribution < 1.29 is 19.1 Å². The molecule has 1 heterocycles. The number of methoxy groups -OCH3 is 1. The topological polar surface area (TPSA) is 55.8 Å². The number of benzene rings is 1. The third kappa shape index (κ3) is 3.84. The summed E-state index contributed by atoms with van der Waals surface area (Å²) >= 11 is 0. The minimum Gasteiger partial charge on any atom is -0.467 e. The highest BCUT2D eigenvalue weighted by atomic mass is 28.3. The highest BCUT2D eigenvalue weighted by Crippen LogP contribution is 2.28. The van der Waals surface area contributed by atoms with Gasteiger partial charge in [0.15, 0.2) is 0 Å². The molecule has 0 saturated carbocycles. The van der Waals surface area contributed by atoms with E-state index in [1.807, 2.05) is 30.3 Å². The molecule has 0 bridgehead atoms. The Bertz CT molecular complexity index is 518. The average Bonchev–Trinajstić information content (AvgIpc) is 2.81. The third-order valence-electron chi connectivity index (χ3n) is 3.63. The van der Waals surface area contributed by atoms with E-state index in [-0.39, 0.29) is 12.6 Å². The van der Waals surface area contributed by atoms with Crippen LogP contribution in [-0.4, -0.2) is 44.4 Å². The van der Waals surface area contributed by atoms with Crippen molar-refractivity contribution in [2.75, 3.05) is 13.3 Å². The van der Waals surface area contributed by atoms with Crippen LogP contribution in [0.3, 0.4) is 0 Å². The summed E-state index contributed by atoms with van der Waals surface area (Å²) in [5.74, 6) is -0.357. The fraction of sp³-hybridized carbons (Fsp3) is 0.467. The summed E-state index contributed by atoms with van der Waals surface area (Å²) in [4.78, 5) is 25.6. The molecule has 1 amide bonds. The van der Waals surface area contributed by atoms with Crippen LogP contribution in [0.15, 0.2) is 30.3 Å². The van der Waals surface area contributed by atoms with Gasteiger partial charge in [0.25, 0.3) is 0 Å². The standard InChI is InChI=1S/C15H21NO4Si/c1-19-14(17)13-10-21(2,3)11-16(13)15(18)20-9-12-7-5-4-6-8-12/h4-8,13H,9-11H2,1-3H3/t13-/m0/s1. The molecule has 1 aliphatic heterocycles. The summed E-state index contributed by atoms with van der Waals surface area (Å²) in [7, 11) is -0.242. The molecule has 5 nitrogen and oxygen atoms in total. The number of ether oxygens (including phenoxy) is 2. The van der Waals surface area contributed by atoms with Crippen LogP contribution in [0.2, 0.25) is 19.1 Å². The Morgan fingerprint density at radius 3 is 2.57 bits per heavy atom. The molecule has 6 heteroatoms. The summed E-state index contributed by atoms with van der Waals surface area (Å²) in [6.07, 6.45) is 0.188. The van der Waals surface area contributed by atoms with E-state index in [1.165, 1.54) is 12.0 Å². The Balaban J connectivity index is 2.01. The number of hydrogen-bond acceptors (Lipinski definition) is 4. The lowest BCUT2D eigenvalue weighted by atomic mass is 10.2. The Morgan fingerprint density at radius 1 is 1.29 bits per heavy atom. The molecule has 1 aromatic carbocycles. The van der Waals surface area contributed by atoms with Gasteiger partial charge in [0.2, 0.25) is 0 Å². The second-order valence-corrected chi connectivity index (χ2v) is 11.1. The van der Waals surface area contributed by atoms with Crippen LogP contribution in [0.4, 0.5) is 4.79 Å². The summed E-state index contributed by atoms with van der Waals surface area (Å²) in [6.45, 7) is 4.53. The van der Waals surface area contributed by atoms with Gasteiger partial charge in [0.05, 0.1) is 15.2 Å². The molecule has 21 heavy (non-hydrogen) atoms. The maximum absolute atomic E-state index is 12.3. The number of rotatable bonds is 3. The number of nitrogens with zero attached hydrogens (tertiary/aromatic N) is 1. The van der Waals surface area contributed by atoms with Crippen molar-refractivity contribution in [1.82, 2.24) is 4.90 Å². The van der Waals surface area contributed by atoms with Gasteiger partial charge in [0.1, 0.15) is 12.6 Å². The Hall–Kier alpha value is -1.82. The Labute approximate surface area is 125 Å². The highest BCUT2D eigenvalue weighted by Gasteiger charge is 2.46. The number of amides is 1. The largest absolute Gasteiger partial charge is 0.467 e. The van der Waals surface area contributed by atoms with Gasteiger partial charge in [-0.1, -0.05) is 43.4 Å². The third-order valence-corrected chi connectivity index (χ3v) is 6.32.